The summed E-state index contributed by atoms with van der Waals surface area (Å²) in [5.41, 5.74) is -0.0323. The first-order valence-electron chi connectivity index (χ1n) is 5.43. The normalized spacial score (nSPS) is 10.1. The van der Waals surface area contributed by atoms with E-state index in [9.17, 15) is 14.9 Å². The third-order valence-electron chi connectivity index (χ3n) is 2.29. The molecule has 0 spiro atoms. The summed E-state index contributed by atoms with van der Waals surface area (Å²) in [5, 5.41) is 16.4. The highest BCUT2D eigenvalue weighted by atomic mass is 35.5. The predicted molar refractivity (Wildman–Crippen MR) is 69.0 cm³/mol. The van der Waals surface area contributed by atoms with Crippen molar-refractivity contribution in [2.45, 2.75) is 6.42 Å². The molecule has 1 rings (SSSR count). The van der Waals surface area contributed by atoms with E-state index in [1.807, 2.05) is 7.05 Å². The standard InChI is InChI=1S/C11H14ClN3O3/c1-13-5-2-6-14-11(16)9-7-8(15(17)18)3-4-10(9)12/h3-4,7,13H,2,5-6H2,1H3,(H,14,16). The first-order valence-corrected chi connectivity index (χ1v) is 5.80. The Labute approximate surface area is 109 Å². The number of carbonyl (C=O) groups is 1. The molecule has 0 aliphatic rings. The molecule has 7 heteroatoms. The Balaban J connectivity index is 2.72. The van der Waals surface area contributed by atoms with Crippen molar-refractivity contribution in [1.29, 1.82) is 0 Å². The van der Waals surface area contributed by atoms with Gasteiger partial charge in [0.05, 0.1) is 15.5 Å². The number of halogens is 1. The van der Waals surface area contributed by atoms with Gasteiger partial charge in [0.1, 0.15) is 0 Å². The van der Waals surface area contributed by atoms with Gasteiger partial charge in [0.2, 0.25) is 0 Å². The zero-order valence-corrected chi connectivity index (χ0v) is 10.7. The fraction of sp³-hybridized carbons (Fsp3) is 0.364. The minimum atomic E-state index is -0.561. The third kappa shape index (κ3) is 3.97. The summed E-state index contributed by atoms with van der Waals surface area (Å²) < 4.78 is 0. The summed E-state index contributed by atoms with van der Waals surface area (Å²) in [4.78, 5) is 21.8. The lowest BCUT2D eigenvalue weighted by Gasteiger charge is -2.06. The Hall–Kier alpha value is -1.66. The summed E-state index contributed by atoms with van der Waals surface area (Å²) in [5.74, 6) is -0.403. The SMILES string of the molecule is CNCCCNC(=O)c1cc([N+](=O)[O-])ccc1Cl. The van der Waals surface area contributed by atoms with Crippen LogP contribution in [0.4, 0.5) is 5.69 Å². The molecule has 0 aliphatic carbocycles. The highest BCUT2D eigenvalue weighted by Crippen LogP contribution is 2.21. The number of nitro benzene ring substituents is 1. The highest BCUT2D eigenvalue weighted by molar-refractivity contribution is 6.33. The van der Waals surface area contributed by atoms with Gasteiger partial charge in [-0.05, 0) is 26.1 Å². The molecule has 6 nitrogen and oxygen atoms in total. The number of benzene rings is 1. The second kappa shape index (κ2) is 6.93. The zero-order chi connectivity index (χ0) is 13.5. The van der Waals surface area contributed by atoms with Gasteiger partial charge >= 0.3 is 0 Å². The van der Waals surface area contributed by atoms with Gasteiger partial charge in [0.25, 0.3) is 11.6 Å². The number of nitrogens with one attached hydrogen (secondary N) is 2. The number of amides is 1. The Kier molecular flexibility index (Phi) is 5.54. The molecule has 2 N–H and O–H groups in total. The van der Waals surface area contributed by atoms with Gasteiger partial charge in [-0.25, -0.2) is 0 Å². The van der Waals surface area contributed by atoms with Gasteiger partial charge < -0.3 is 10.6 Å². The van der Waals surface area contributed by atoms with Crippen LogP contribution in [-0.4, -0.2) is 31.0 Å². The van der Waals surface area contributed by atoms with Gasteiger partial charge in [0.15, 0.2) is 0 Å². The number of carbonyl (C=O) groups excluding carboxylic acids is 1. The van der Waals surface area contributed by atoms with Gasteiger partial charge in [-0.3, -0.25) is 14.9 Å². The lowest BCUT2D eigenvalue weighted by atomic mass is 10.2. The Morgan fingerprint density at radius 3 is 2.78 bits per heavy atom. The topological polar surface area (TPSA) is 84.3 Å². The quantitative estimate of drug-likeness (QED) is 0.467. The van der Waals surface area contributed by atoms with Crippen LogP contribution in [0.25, 0.3) is 0 Å². The minimum Gasteiger partial charge on any atom is -0.352 e. The van der Waals surface area contributed by atoms with Crippen LogP contribution in [0.5, 0.6) is 0 Å². The number of hydrogen-bond acceptors (Lipinski definition) is 4. The van der Waals surface area contributed by atoms with Crippen molar-refractivity contribution < 1.29 is 9.72 Å². The molecular formula is C11H14ClN3O3. The van der Waals surface area contributed by atoms with Crippen LogP contribution >= 0.6 is 11.6 Å². The Bertz CT molecular complexity index is 451. The molecule has 0 saturated heterocycles. The zero-order valence-electron chi connectivity index (χ0n) is 9.90. The summed E-state index contributed by atoms with van der Waals surface area (Å²) in [6, 6.07) is 3.79. The van der Waals surface area contributed by atoms with Gasteiger partial charge in [-0.1, -0.05) is 11.6 Å². The predicted octanol–water partition coefficient (Wildman–Crippen LogP) is 1.59. The smallest absolute Gasteiger partial charge is 0.270 e. The Morgan fingerprint density at radius 2 is 2.17 bits per heavy atom. The van der Waals surface area contributed by atoms with Crippen LogP contribution in [0.3, 0.4) is 0 Å². The van der Waals surface area contributed by atoms with Gasteiger partial charge in [-0.2, -0.15) is 0 Å². The van der Waals surface area contributed by atoms with Crippen molar-refractivity contribution in [3.8, 4) is 0 Å². The number of rotatable bonds is 6. The van der Waals surface area contributed by atoms with Crippen LogP contribution in [-0.2, 0) is 0 Å². The number of non-ortho nitro benzene ring substituents is 1. The maximum Gasteiger partial charge on any atom is 0.270 e. The first-order chi connectivity index (χ1) is 8.56. The summed E-state index contributed by atoms with van der Waals surface area (Å²) in [6.07, 6.45) is 0.773. The first kappa shape index (κ1) is 14.4. The van der Waals surface area contributed by atoms with Crippen molar-refractivity contribution in [1.82, 2.24) is 10.6 Å². The van der Waals surface area contributed by atoms with Gasteiger partial charge in [-0.15, -0.1) is 0 Å². The number of nitrogens with zero attached hydrogens (tertiary/aromatic N) is 1. The summed E-state index contributed by atoms with van der Waals surface area (Å²) >= 11 is 5.84. The van der Waals surface area contributed by atoms with Crippen molar-refractivity contribution in [2.24, 2.45) is 0 Å². The van der Waals surface area contributed by atoms with Crippen molar-refractivity contribution >= 4 is 23.2 Å². The van der Waals surface area contributed by atoms with E-state index >= 15 is 0 Å². The average molecular weight is 272 g/mol. The monoisotopic (exact) mass is 271 g/mol. The lowest BCUT2D eigenvalue weighted by Crippen LogP contribution is -2.26. The van der Waals surface area contributed by atoms with Crippen molar-refractivity contribution in [3.05, 3.63) is 38.9 Å². The molecule has 0 fully saturated rings. The summed E-state index contributed by atoms with van der Waals surface area (Å²) in [7, 11) is 1.82. The maximum absolute atomic E-state index is 11.8. The average Bonchev–Trinajstić information content (AvgIpc) is 2.34. The van der Waals surface area contributed by atoms with Gasteiger partial charge in [0, 0.05) is 18.7 Å². The molecule has 1 amide bonds. The highest BCUT2D eigenvalue weighted by Gasteiger charge is 2.15. The van der Waals surface area contributed by atoms with Crippen LogP contribution in [0.1, 0.15) is 16.8 Å². The van der Waals surface area contributed by atoms with E-state index in [0.717, 1.165) is 13.0 Å². The largest absolute Gasteiger partial charge is 0.352 e. The van der Waals surface area contributed by atoms with Crippen LogP contribution in [0, 0.1) is 10.1 Å². The molecule has 0 saturated carbocycles. The van der Waals surface area contributed by atoms with E-state index in [-0.39, 0.29) is 16.3 Å². The fourth-order valence-corrected chi connectivity index (χ4v) is 1.57. The number of nitro groups is 1. The van der Waals surface area contributed by atoms with E-state index in [2.05, 4.69) is 10.6 Å². The third-order valence-corrected chi connectivity index (χ3v) is 2.62. The molecule has 0 aliphatic heterocycles. The molecule has 0 atom stereocenters. The minimum absolute atomic E-state index is 0.121. The Morgan fingerprint density at radius 1 is 1.44 bits per heavy atom. The lowest BCUT2D eigenvalue weighted by molar-refractivity contribution is -0.384. The van der Waals surface area contributed by atoms with Crippen molar-refractivity contribution in [2.75, 3.05) is 20.1 Å². The van der Waals surface area contributed by atoms with E-state index in [1.54, 1.807) is 0 Å². The fourth-order valence-electron chi connectivity index (χ4n) is 1.36. The number of hydrogen-bond donors (Lipinski definition) is 2. The second-order valence-corrected chi connectivity index (χ2v) is 4.04. The molecule has 98 valence electrons. The molecule has 1 aromatic rings. The van der Waals surface area contributed by atoms with Crippen molar-refractivity contribution in [3.63, 3.8) is 0 Å². The van der Waals surface area contributed by atoms with Crippen LogP contribution < -0.4 is 10.6 Å². The molecule has 0 aromatic heterocycles. The van der Waals surface area contributed by atoms with Crippen LogP contribution in [0.2, 0.25) is 5.02 Å². The molecular weight excluding hydrogens is 258 g/mol. The summed E-state index contributed by atoms with van der Waals surface area (Å²) in [6.45, 7) is 1.27. The second-order valence-electron chi connectivity index (χ2n) is 3.63. The van der Waals surface area contributed by atoms with Crippen LogP contribution in [0.15, 0.2) is 18.2 Å². The maximum atomic E-state index is 11.8. The molecule has 0 bridgehead atoms. The molecule has 0 heterocycles. The van der Waals surface area contributed by atoms with E-state index in [0.29, 0.717) is 6.54 Å². The van der Waals surface area contributed by atoms with E-state index < -0.39 is 10.8 Å². The molecule has 0 radical (unpaired) electrons. The van der Waals surface area contributed by atoms with E-state index in [1.165, 1.54) is 18.2 Å². The van der Waals surface area contributed by atoms with E-state index in [4.69, 9.17) is 11.6 Å². The molecule has 1 aromatic carbocycles. The molecule has 18 heavy (non-hydrogen) atoms. The molecule has 0 unspecified atom stereocenters.